The molecule has 1 N–H and O–H groups in total. The molecular weight excluding hydrogens is 184 g/mol. The van der Waals surface area contributed by atoms with Crippen LogP contribution in [0.25, 0.3) is 0 Å². The van der Waals surface area contributed by atoms with Crippen LogP contribution in [0, 0.1) is 5.92 Å². The van der Waals surface area contributed by atoms with E-state index >= 15 is 0 Å². The molecule has 0 radical (unpaired) electrons. The zero-order valence-corrected chi connectivity index (χ0v) is 8.20. The number of hydrogen-bond acceptors (Lipinski definition) is 1. The first-order chi connectivity index (χ1) is 5.09. The van der Waals surface area contributed by atoms with Crippen molar-refractivity contribution in [3.05, 3.63) is 0 Å². The maximum Gasteiger partial charge on any atom is 0.241 e. The summed E-state index contributed by atoms with van der Waals surface area (Å²) in [6.07, 6.45) is -0.814. The maximum atomic E-state index is 12.0. The van der Waals surface area contributed by atoms with Gasteiger partial charge in [-0.15, -0.1) is 12.4 Å². The van der Waals surface area contributed by atoms with Crippen LogP contribution in [-0.4, -0.2) is 18.5 Å². The van der Waals surface area contributed by atoms with Crippen molar-refractivity contribution in [2.75, 3.05) is 0 Å². The fourth-order valence-electron chi connectivity index (χ4n) is 1.48. The molecular formula is C8H16ClF2N. The Labute approximate surface area is 78.3 Å². The highest BCUT2D eigenvalue weighted by Gasteiger charge is 2.35. The van der Waals surface area contributed by atoms with Crippen LogP contribution in [0.15, 0.2) is 0 Å². The first-order valence-corrected chi connectivity index (χ1v) is 4.13. The van der Waals surface area contributed by atoms with Gasteiger partial charge in [0.15, 0.2) is 0 Å². The average molecular weight is 200 g/mol. The molecule has 1 fully saturated rings. The van der Waals surface area contributed by atoms with Crippen molar-refractivity contribution in [1.82, 2.24) is 5.32 Å². The van der Waals surface area contributed by atoms with Crippen molar-refractivity contribution in [2.45, 2.75) is 45.2 Å². The van der Waals surface area contributed by atoms with Crippen molar-refractivity contribution in [3.8, 4) is 0 Å². The Hall–Kier alpha value is 0.110. The van der Waals surface area contributed by atoms with Gasteiger partial charge in [-0.05, 0) is 12.8 Å². The number of nitrogens with one attached hydrogen (secondary N) is 1. The van der Waals surface area contributed by atoms with Gasteiger partial charge in [0.2, 0.25) is 6.43 Å². The number of halogens is 3. The molecule has 4 heteroatoms. The van der Waals surface area contributed by atoms with Crippen LogP contribution >= 0.6 is 12.4 Å². The SMILES string of the molecule is CC(C)NC1CC(C(F)F)C1.Cl. The van der Waals surface area contributed by atoms with Gasteiger partial charge in [-0.25, -0.2) is 8.78 Å². The molecule has 0 atom stereocenters. The molecule has 0 amide bonds. The lowest BCUT2D eigenvalue weighted by Crippen LogP contribution is -2.46. The molecule has 1 nitrogen and oxygen atoms in total. The summed E-state index contributed by atoms with van der Waals surface area (Å²) >= 11 is 0. The fourth-order valence-corrected chi connectivity index (χ4v) is 1.48. The van der Waals surface area contributed by atoms with E-state index in [1.807, 2.05) is 13.8 Å². The van der Waals surface area contributed by atoms with Crippen molar-refractivity contribution < 1.29 is 8.78 Å². The van der Waals surface area contributed by atoms with Crippen molar-refractivity contribution in [2.24, 2.45) is 5.92 Å². The van der Waals surface area contributed by atoms with Crippen molar-refractivity contribution in [1.29, 1.82) is 0 Å². The normalized spacial score (nSPS) is 28.5. The topological polar surface area (TPSA) is 12.0 Å². The molecule has 1 aliphatic carbocycles. The third-order valence-electron chi connectivity index (χ3n) is 2.10. The summed E-state index contributed by atoms with van der Waals surface area (Å²) in [5.74, 6) is -0.341. The second-order valence-corrected chi connectivity index (χ2v) is 3.58. The molecule has 0 heterocycles. The van der Waals surface area contributed by atoms with Gasteiger partial charge in [0.25, 0.3) is 0 Å². The number of hydrogen-bond donors (Lipinski definition) is 1. The van der Waals surface area contributed by atoms with Crippen LogP contribution in [0.5, 0.6) is 0 Å². The molecule has 0 unspecified atom stereocenters. The van der Waals surface area contributed by atoms with Gasteiger partial charge in [0, 0.05) is 18.0 Å². The lowest BCUT2D eigenvalue weighted by molar-refractivity contribution is 0.0142. The summed E-state index contributed by atoms with van der Waals surface area (Å²) in [5, 5.41) is 3.23. The van der Waals surface area contributed by atoms with Crippen molar-refractivity contribution in [3.63, 3.8) is 0 Å². The largest absolute Gasteiger partial charge is 0.312 e. The fraction of sp³-hybridized carbons (Fsp3) is 1.00. The quantitative estimate of drug-likeness (QED) is 0.737. The summed E-state index contributed by atoms with van der Waals surface area (Å²) < 4.78 is 23.9. The van der Waals surface area contributed by atoms with Gasteiger partial charge < -0.3 is 5.32 Å². The first kappa shape index (κ1) is 12.1. The molecule has 0 aromatic carbocycles. The van der Waals surface area contributed by atoms with E-state index < -0.39 is 6.43 Å². The van der Waals surface area contributed by atoms with E-state index in [0.717, 1.165) is 0 Å². The second kappa shape index (κ2) is 4.97. The van der Waals surface area contributed by atoms with Gasteiger partial charge in [-0.2, -0.15) is 0 Å². The Morgan fingerprint density at radius 3 is 2.08 bits per heavy atom. The summed E-state index contributed by atoms with van der Waals surface area (Å²) in [6, 6.07) is 0.757. The summed E-state index contributed by atoms with van der Waals surface area (Å²) in [4.78, 5) is 0. The van der Waals surface area contributed by atoms with Crippen LogP contribution < -0.4 is 5.32 Å². The highest BCUT2D eigenvalue weighted by molar-refractivity contribution is 5.85. The van der Waals surface area contributed by atoms with Gasteiger partial charge in [-0.1, -0.05) is 13.8 Å². The molecule has 74 valence electrons. The van der Waals surface area contributed by atoms with Crippen LogP contribution in [0.3, 0.4) is 0 Å². The smallest absolute Gasteiger partial charge is 0.241 e. The third kappa shape index (κ3) is 3.23. The van der Waals surface area contributed by atoms with E-state index in [1.165, 1.54) is 0 Å². The van der Waals surface area contributed by atoms with Gasteiger partial charge in [-0.3, -0.25) is 0 Å². The lowest BCUT2D eigenvalue weighted by atomic mass is 9.80. The highest BCUT2D eigenvalue weighted by Crippen LogP contribution is 2.32. The van der Waals surface area contributed by atoms with Crippen LogP contribution in [0.4, 0.5) is 8.78 Å². The molecule has 0 aromatic rings. The molecule has 1 aliphatic rings. The summed E-state index contributed by atoms with van der Waals surface area (Å²) in [6.45, 7) is 4.07. The molecule has 0 spiro atoms. The number of alkyl halides is 2. The molecule has 0 aromatic heterocycles. The predicted octanol–water partition coefficient (Wildman–Crippen LogP) is 2.45. The minimum Gasteiger partial charge on any atom is -0.312 e. The highest BCUT2D eigenvalue weighted by atomic mass is 35.5. The van der Waals surface area contributed by atoms with Gasteiger partial charge >= 0.3 is 0 Å². The molecule has 1 saturated carbocycles. The zero-order chi connectivity index (χ0) is 8.43. The monoisotopic (exact) mass is 199 g/mol. The predicted molar refractivity (Wildman–Crippen MR) is 48.0 cm³/mol. The first-order valence-electron chi connectivity index (χ1n) is 4.13. The van der Waals surface area contributed by atoms with Crippen molar-refractivity contribution >= 4 is 12.4 Å². The number of rotatable bonds is 3. The van der Waals surface area contributed by atoms with Gasteiger partial charge in [0.1, 0.15) is 0 Å². The van der Waals surface area contributed by atoms with E-state index in [0.29, 0.717) is 24.9 Å². The molecule has 0 bridgehead atoms. The van der Waals surface area contributed by atoms with E-state index in [9.17, 15) is 8.78 Å². The van der Waals surface area contributed by atoms with E-state index in [1.54, 1.807) is 0 Å². The maximum absolute atomic E-state index is 12.0. The Morgan fingerprint density at radius 1 is 1.25 bits per heavy atom. The molecule has 12 heavy (non-hydrogen) atoms. The zero-order valence-electron chi connectivity index (χ0n) is 7.39. The minimum atomic E-state index is -2.11. The Balaban J connectivity index is 0.00000121. The molecule has 0 aliphatic heterocycles. The Morgan fingerprint density at radius 2 is 1.75 bits per heavy atom. The lowest BCUT2D eigenvalue weighted by Gasteiger charge is -2.36. The van der Waals surface area contributed by atoms with Crippen LogP contribution in [-0.2, 0) is 0 Å². The average Bonchev–Trinajstić information content (AvgIpc) is 1.75. The van der Waals surface area contributed by atoms with Crippen LogP contribution in [0.2, 0.25) is 0 Å². The minimum absolute atomic E-state index is 0. The van der Waals surface area contributed by atoms with Crippen LogP contribution in [0.1, 0.15) is 26.7 Å². The third-order valence-corrected chi connectivity index (χ3v) is 2.10. The van der Waals surface area contributed by atoms with E-state index in [-0.39, 0.29) is 18.3 Å². The van der Waals surface area contributed by atoms with Gasteiger partial charge in [0.05, 0.1) is 0 Å². The molecule has 0 saturated heterocycles. The molecule has 1 rings (SSSR count). The summed E-state index contributed by atoms with van der Waals surface area (Å²) in [7, 11) is 0. The standard InChI is InChI=1S/C8H15F2N.ClH/c1-5(2)11-7-3-6(4-7)8(9)10;/h5-8,11H,3-4H2,1-2H3;1H. The van der Waals surface area contributed by atoms with E-state index in [2.05, 4.69) is 5.32 Å². The Bertz CT molecular complexity index is 124. The summed E-state index contributed by atoms with van der Waals surface area (Å²) in [5.41, 5.74) is 0. The Kier molecular flexibility index (Phi) is 5.02. The second-order valence-electron chi connectivity index (χ2n) is 3.58. The van der Waals surface area contributed by atoms with E-state index in [4.69, 9.17) is 0 Å².